The predicted octanol–water partition coefficient (Wildman–Crippen LogP) is 3.23. The highest BCUT2D eigenvalue weighted by Crippen LogP contribution is 2.19. The Kier molecular flexibility index (Phi) is 4.11. The Balaban J connectivity index is 2.18. The first-order chi connectivity index (χ1) is 8.79. The van der Waals surface area contributed by atoms with Crippen molar-refractivity contribution in [2.45, 2.75) is 6.42 Å². The number of aliphatic hydroxyl groups is 1. The number of aliphatic hydroxyl groups excluding tert-OH is 1. The fourth-order valence-electron chi connectivity index (χ4n) is 1.61. The summed E-state index contributed by atoms with van der Waals surface area (Å²) in [5, 5.41) is 8.63. The summed E-state index contributed by atoms with van der Waals surface area (Å²) in [5.74, 6) is 5.60. The highest BCUT2D eigenvalue weighted by atomic mass is 19.1. The van der Waals surface area contributed by atoms with Crippen LogP contribution < -0.4 is 0 Å². The van der Waals surface area contributed by atoms with E-state index in [1.807, 2.05) is 24.3 Å². The van der Waals surface area contributed by atoms with E-state index in [0.717, 1.165) is 16.7 Å². The van der Waals surface area contributed by atoms with E-state index >= 15 is 0 Å². The lowest BCUT2D eigenvalue weighted by Crippen LogP contribution is -1.81. The summed E-state index contributed by atoms with van der Waals surface area (Å²) in [5.41, 5.74) is 2.92. The zero-order chi connectivity index (χ0) is 12.8. The monoisotopic (exact) mass is 240 g/mol. The lowest BCUT2D eigenvalue weighted by molar-refractivity contribution is 0.305. The van der Waals surface area contributed by atoms with Crippen LogP contribution in [0.4, 0.5) is 4.39 Å². The van der Waals surface area contributed by atoms with Gasteiger partial charge in [-0.2, -0.15) is 0 Å². The third kappa shape index (κ3) is 3.19. The minimum atomic E-state index is -0.231. The molecule has 0 saturated heterocycles. The molecule has 0 unspecified atom stereocenters. The van der Waals surface area contributed by atoms with Crippen molar-refractivity contribution in [1.82, 2.24) is 0 Å². The van der Waals surface area contributed by atoms with Crippen molar-refractivity contribution in [2.24, 2.45) is 0 Å². The van der Waals surface area contributed by atoms with Crippen LogP contribution in [0.1, 0.15) is 12.0 Å². The van der Waals surface area contributed by atoms with Crippen molar-refractivity contribution in [3.8, 4) is 23.0 Å². The van der Waals surface area contributed by atoms with Crippen molar-refractivity contribution in [3.63, 3.8) is 0 Å². The summed E-state index contributed by atoms with van der Waals surface area (Å²) in [6.45, 7) is 0.0840. The molecule has 2 heteroatoms. The third-order valence-corrected chi connectivity index (χ3v) is 2.53. The maximum Gasteiger partial charge on any atom is 0.123 e. The fraction of sp³-hybridized carbons (Fsp3) is 0.125. The Hall–Kier alpha value is -2.11. The number of halogens is 1. The van der Waals surface area contributed by atoms with Crippen LogP contribution in [0.3, 0.4) is 0 Å². The number of benzene rings is 2. The molecule has 0 aliphatic carbocycles. The molecule has 0 amide bonds. The molecular weight excluding hydrogens is 227 g/mol. The Morgan fingerprint density at radius 2 is 1.44 bits per heavy atom. The van der Waals surface area contributed by atoms with Crippen molar-refractivity contribution < 1.29 is 9.50 Å². The number of rotatable bonds is 2. The SMILES string of the molecule is OCCC#Cc1ccc(-c2ccc(F)cc2)cc1. The summed E-state index contributed by atoms with van der Waals surface area (Å²) in [7, 11) is 0. The second kappa shape index (κ2) is 6.00. The topological polar surface area (TPSA) is 20.2 Å². The van der Waals surface area contributed by atoms with Crippen LogP contribution in [-0.4, -0.2) is 11.7 Å². The lowest BCUT2D eigenvalue weighted by atomic mass is 10.0. The molecule has 0 aliphatic rings. The van der Waals surface area contributed by atoms with E-state index in [2.05, 4.69) is 11.8 Å². The molecule has 1 N–H and O–H groups in total. The number of hydrogen-bond donors (Lipinski definition) is 1. The first kappa shape index (κ1) is 12.3. The van der Waals surface area contributed by atoms with Gasteiger partial charge in [-0.15, -0.1) is 0 Å². The molecule has 2 rings (SSSR count). The van der Waals surface area contributed by atoms with Gasteiger partial charge in [0.2, 0.25) is 0 Å². The molecule has 0 bridgehead atoms. The van der Waals surface area contributed by atoms with Crippen LogP contribution in [-0.2, 0) is 0 Å². The minimum absolute atomic E-state index is 0.0840. The Labute approximate surface area is 106 Å². The molecule has 0 spiro atoms. The van der Waals surface area contributed by atoms with Gasteiger partial charge in [-0.1, -0.05) is 36.1 Å². The van der Waals surface area contributed by atoms with Gasteiger partial charge in [0.25, 0.3) is 0 Å². The van der Waals surface area contributed by atoms with Gasteiger partial charge in [-0.25, -0.2) is 4.39 Å². The second-order valence-corrected chi connectivity index (χ2v) is 3.86. The van der Waals surface area contributed by atoms with Gasteiger partial charge in [0.05, 0.1) is 6.61 Å². The quantitative estimate of drug-likeness (QED) is 0.799. The zero-order valence-electron chi connectivity index (χ0n) is 9.86. The molecule has 90 valence electrons. The first-order valence-electron chi connectivity index (χ1n) is 5.75. The molecule has 2 aromatic carbocycles. The highest BCUT2D eigenvalue weighted by molar-refractivity contribution is 5.64. The predicted molar refractivity (Wildman–Crippen MR) is 70.4 cm³/mol. The van der Waals surface area contributed by atoms with E-state index in [1.54, 1.807) is 12.1 Å². The standard InChI is InChI=1S/C16H13FO/c17-16-10-8-15(9-11-16)14-6-4-13(5-7-14)3-1-2-12-18/h4-11,18H,2,12H2. The largest absolute Gasteiger partial charge is 0.395 e. The van der Waals surface area contributed by atoms with E-state index < -0.39 is 0 Å². The Morgan fingerprint density at radius 3 is 2.00 bits per heavy atom. The molecule has 0 atom stereocenters. The van der Waals surface area contributed by atoms with Crippen LogP contribution >= 0.6 is 0 Å². The Bertz CT molecular complexity index is 559. The van der Waals surface area contributed by atoms with Crippen LogP contribution in [0.15, 0.2) is 48.5 Å². The smallest absolute Gasteiger partial charge is 0.123 e. The Morgan fingerprint density at radius 1 is 0.889 bits per heavy atom. The van der Waals surface area contributed by atoms with Crippen LogP contribution in [0.25, 0.3) is 11.1 Å². The molecule has 0 aliphatic heterocycles. The maximum atomic E-state index is 12.8. The van der Waals surface area contributed by atoms with Gasteiger partial charge in [-0.3, -0.25) is 0 Å². The van der Waals surface area contributed by atoms with E-state index in [-0.39, 0.29) is 12.4 Å². The molecule has 0 aromatic heterocycles. The van der Waals surface area contributed by atoms with E-state index in [1.165, 1.54) is 12.1 Å². The average Bonchev–Trinajstić information content (AvgIpc) is 2.41. The number of hydrogen-bond acceptors (Lipinski definition) is 1. The van der Waals surface area contributed by atoms with Crippen molar-refractivity contribution in [2.75, 3.05) is 6.61 Å². The third-order valence-electron chi connectivity index (χ3n) is 2.53. The molecule has 0 saturated carbocycles. The molecule has 0 fully saturated rings. The van der Waals surface area contributed by atoms with Crippen LogP contribution in [0.5, 0.6) is 0 Å². The maximum absolute atomic E-state index is 12.8. The van der Waals surface area contributed by atoms with E-state index in [4.69, 9.17) is 5.11 Å². The summed E-state index contributed by atoms with van der Waals surface area (Å²) in [6.07, 6.45) is 0.486. The second-order valence-electron chi connectivity index (χ2n) is 3.86. The van der Waals surface area contributed by atoms with Crippen molar-refractivity contribution >= 4 is 0 Å². The van der Waals surface area contributed by atoms with Gasteiger partial charge in [0, 0.05) is 12.0 Å². The van der Waals surface area contributed by atoms with Crippen molar-refractivity contribution in [1.29, 1.82) is 0 Å². The molecule has 2 aromatic rings. The molecule has 0 heterocycles. The molecule has 18 heavy (non-hydrogen) atoms. The van der Waals surface area contributed by atoms with Crippen LogP contribution in [0.2, 0.25) is 0 Å². The summed E-state index contributed by atoms with van der Waals surface area (Å²) >= 11 is 0. The molecule has 0 radical (unpaired) electrons. The summed E-state index contributed by atoms with van der Waals surface area (Å²) < 4.78 is 12.8. The average molecular weight is 240 g/mol. The van der Waals surface area contributed by atoms with Gasteiger partial charge >= 0.3 is 0 Å². The summed E-state index contributed by atoms with van der Waals surface area (Å²) in [6, 6.07) is 14.1. The van der Waals surface area contributed by atoms with Gasteiger partial charge in [0.15, 0.2) is 0 Å². The summed E-state index contributed by atoms with van der Waals surface area (Å²) in [4.78, 5) is 0. The van der Waals surface area contributed by atoms with Crippen molar-refractivity contribution in [3.05, 3.63) is 59.9 Å². The highest BCUT2D eigenvalue weighted by Gasteiger charge is 1.97. The van der Waals surface area contributed by atoms with Gasteiger partial charge in [-0.05, 0) is 35.4 Å². The zero-order valence-corrected chi connectivity index (χ0v) is 9.86. The van der Waals surface area contributed by atoms with E-state index in [0.29, 0.717) is 6.42 Å². The van der Waals surface area contributed by atoms with Gasteiger partial charge in [0.1, 0.15) is 5.82 Å². The van der Waals surface area contributed by atoms with Gasteiger partial charge < -0.3 is 5.11 Å². The van der Waals surface area contributed by atoms with E-state index in [9.17, 15) is 4.39 Å². The fourth-order valence-corrected chi connectivity index (χ4v) is 1.61. The normalized spacial score (nSPS) is 9.67. The minimum Gasteiger partial charge on any atom is -0.395 e. The van der Waals surface area contributed by atoms with Crippen LogP contribution in [0, 0.1) is 17.7 Å². The molecular formula is C16H13FO. The molecule has 1 nitrogen and oxygen atoms in total. The first-order valence-corrected chi connectivity index (χ1v) is 5.75. The lowest BCUT2D eigenvalue weighted by Gasteiger charge is -2.01.